The normalized spacial score (nSPS) is 10.6. The van der Waals surface area contributed by atoms with Crippen LogP contribution in [-0.2, 0) is 6.42 Å². The number of hydrogen-bond acceptors (Lipinski definition) is 1. The molecule has 2 nitrogen and oxygen atoms in total. The SMILES string of the molecule is Fc1cccc(F)c1NC(=S)NCCCc1cccc2ccccc12. The van der Waals surface area contributed by atoms with E-state index < -0.39 is 11.6 Å². The highest BCUT2D eigenvalue weighted by molar-refractivity contribution is 7.80. The minimum absolute atomic E-state index is 0.210. The summed E-state index contributed by atoms with van der Waals surface area (Å²) in [5.74, 6) is -1.33. The minimum atomic E-state index is -0.667. The molecular weight excluding hydrogens is 338 g/mol. The largest absolute Gasteiger partial charge is 0.362 e. The zero-order chi connectivity index (χ0) is 17.6. The molecule has 0 spiro atoms. The highest BCUT2D eigenvalue weighted by Gasteiger charge is 2.09. The topological polar surface area (TPSA) is 24.1 Å². The Bertz CT molecular complexity index is 870. The van der Waals surface area contributed by atoms with Gasteiger partial charge < -0.3 is 10.6 Å². The van der Waals surface area contributed by atoms with Gasteiger partial charge in [0, 0.05) is 6.54 Å². The number of rotatable bonds is 5. The van der Waals surface area contributed by atoms with Crippen LogP contribution in [0.15, 0.2) is 60.7 Å². The van der Waals surface area contributed by atoms with Gasteiger partial charge in [0.05, 0.1) is 0 Å². The van der Waals surface area contributed by atoms with Crippen molar-refractivity contribution in [1.29, 1.82) is 0 Å². The number of hydrogen-bond donors (Lipinski definition) is 2. The maximum atomic E-state index is 13.6. The second-order valence-electron chi connectivity index (χ2n) is 5.72. The number of aryl methyl sites for hydroxylation is 1. The van der Waals surface area contributed by atoms with E-state index in [0.29, 0.717) is 6.54 Å². The lowest BCUT2D eigenvalue weighted by molar-refractivity contribution is 0.591. The molecule has 0 aliphatic carbocycles. The Morgan fingerprint density at radius 2 is 1.56 bits per heavy atom. The summed E-state index contributed by atoms with van der Waals surface area (Å²) in [5.41, 5.74) is 1.05. The van der Waals surface area contributed by atoms with Crippen molar-refractivity contribution in [2.75, 3.05) is 11.9 Å². The van der Waals surface area contributed by atoms with Gasteiger partial charge in [-0.2, -0.15) is 0 Å². The molecule has 0 heterocycles. The number of para-hydroxylation sites is 1. The van der Waals surface area contributed by atoms with Gasteiger partial charge in [-0.1, -0.05) is 48.5 Å². The van der Waals surface area contributed by atoms with Crippen molar-refractivity contribution >= 4 is 33.8 Å². The summed E-state index contributed by atoms with van der Waals surface area (Å²) < 4.78 is 27.2. The lowest BCUT2D eigenvalue weighted by atomic mass is 10.0. The van der Waals surface area contributed by atoms with Crippen LogP contribution in [0.5, 0.6) is 0 Å². The van der Waals surface area contributed by atoms with Gasteiger partial charge >= 0.3 is 0 Å². The van der Waals surface area contributed by atoms with E-state index in [1.54, 1.807) is 0 Å². The van der Waals surface area contributed by atoms with Crippen LogP contribution >= 0.6 is 12.2 Å². The molecule has 0 amide bonds. The molecule has 0 radical (unpaired) electrons. The molecule has 0 fully saturated rings. The van der Waals surface area contributed by atoms with E-state index in [2.05, 4.69) is 41.0 Å². The first-order valence-corrected chi connectivity index (χ1v) is 8.51. The Balaban J connectivity index is 1.52. The first-order chi connectivity index (χ1) is 12.1. The summed E-state index contributed by atoms with van der Waals surface area (Å²) in [5, 5.41) is 8.25. The van der Waals surface area contributed by atoms with Gasteiger partial charge in [0.2, 0.25) is 0 Å². The zero-order valence-corrected chi connectivity index (χ0v) is 14.4. The molecule has 0 bridgehead atoms. The van der Waals surface area contributed by atoms with Crippen molar-refractivity contribution in [2.45, 2.75) is 12.8 Å². The molecule has 0 aliphatic heterocycles. The molecular formula is C20H18F2N2S. The summed E-state index contributed by atoms with van der Waals surface area (Å²) in [6.45, 7) is 0.616. The standard InChI is InChI=1S/C20H18F2N2S/c21-17-11-4-12-18(22)19(17)24-20(25)23-13-5-9-15-8-3-7-14-6-1-2-10-16(14)15/h1-4,6-8,10-12H,5,9,13H2,(H2,23,24,25). The Kier molecular flexibility index (Phi) is 5.56. The third-order valence-electron chi connectivity index (χ3n) is 3.99. The van der Waals surface area contributed by atoms with Crippen molar-refractivity contribution in [3.63, 3.8) is 0 Å². The van der Waals surface area contributed by atoms with Crippen LogP contribution in [0, 0.1) is 11.6 Å². The van der Waals surface area contributed by atoms with Crippen molar-refractivity contribution in [3.05, 3.63) is 77.9 Å². The van der Waals surface area contributed by atoms with E-state index in [9.17, 15) is 8.78 Å². The van der Waals surface area contributed by atoms with Gasteiger partial charge in [0.15, 0.2) is 5.11 Å². The highest BCUT2D eigenvalue weighted by atomic mass is 32.1. The Morgan fingerprint density at radius 3 is 2.36 bits per heavy atom. The highest BCUT2D eigenvalue weighted by Crippen LogP contribution is 2.20. The van der Waals surface area contributed by atoms with E-state index >= 15 is 0 Å². The van der Waals surface area contributed by atoms with Gasteiger partial charge in [-0.25, -0.2) is 8.78 Å². The minimum Gasteiger partial charge on any atom is -0.362 e. The average Bonchev–Trinajstić information content (AvgIpc) is 2.62. The molecule has 0 aliphatic rings. The summed E-state index contributed by atoms with van der Waals surface area (Å²) in [7, 11) is 0. The molecule has 128 valence electrons. The van der Waals surface area contributed by atoms with Gasteiger partial charge in [-0.15, -0.1) is 0 Å². The van der Waals surface area contributed by atoms with Crippen LogP contribution in [0.4, 0.5) is 14.5 Å². The quantitative estimate of drug-likeness (QED) is 0.495. The zero-order valence-electron chi connectivity index (χ0n) is 13.6. The van der Waals surface area contributed by atoms with E-state index in [0.717, 1.165) is 12.8 Å². The Hall–Kier alpha value is -2.53. The van der Waals surface area contributed by atoms with Crippen LogP contribution in [0.1, 0.15) is 12.0 Å². The molecule has 2 N–H and O–H groups in total. The molecule has 3 aromatic rings. The molecule has 3 rings (SSSR count). The first kappa shape index (κ1) is 17.3. The summed E-state index contributed by atoms with van der Waals surface area (Å²) in [4.78, 5) is 0. The molecule has 0 unspecified atom stereocenters. The fourth-order valence-electron chi connectivity index (χ4n) is 2.77. The van der Waals surface area contributed by atoms with Crippen LogP contribution in [0.2, 0.25) is 0 Å². The van der Waals surface area contributed by atoms with Gasteiger partial charge in [-0.3, -0.25) is 0 Å². The lowest BCUT2D eigenvalue weighted by Crippen LogP contribution is -2.30. The fraction of sp³-hybridized carbons (Fsp3) is 0.150. The Labute approximate surface area is 150 Å². The fourth-order valence-corrected chi connectivity index (χ4v) is 2.97. The maximum absolute atomic E-state index is 13.6. The second kappa shape index (κ2) is 8.03. The smallest absolute Gasteiger partial charge is 0.170 e. The molecule has 0 saturated carbocycles. The van der Waals surface area contributed by atoms with Crippen LogP contribution < -0.4 is 10.6 Å². The van der Waals surface area contributed by atoms with E-state index in [-0.39, 0.29) is 10.8 Å². The summed E-state index contributed by atoms with van der Waals surface area (Å²) in [6, 6.07) is 18.2. The van der Waals surface area contributed by atoms with Crippen LogP contribution in [-0.4, -0.2) is 11.7 Å². The monoisotopic (exact) mass is 356 g/mol. The van der Waals surface area contributed by atoms with E-state index in [1.165, 1.54) is 34.5 Å². The third kappa shape index (κ3) is 4.31. The first-order valence-electron chi connectivity index (χ1n) is 8.10. The second-order valence-corrected chi connectivity index (χ2v) is 6.13. The number of thiocarbonyl (C=S) groups is 1. The Morgan fingerprint density at radius 1 is 0.880 bits per heavy atom. The van der Waals surface area contributed by atoms with Gasteiger partial charge in [0.25, 0.3) is 0 Å². The van der Waals surface area contributed by atoms with Crippen molar-refractivity contribution < 1.29 is 8.78 Å². The molecule has 0 saturated heterocycles. The summed E-state index contributed by atoms with van der Waals surface area (Å²) in [6.07, 6.45) is 1.75. The predicted molar refractivity (Wildman–Crippen MR) is 103 cm³/mol. The molecule has 5 heteroatoms. The van der Waals surface area contributed by atoms with Crippen LogP contribution in [0.25, 0.3) is 10.8 Å². The predicted octanol–water partition coefficient (Wildman–Crippen LogP) is 5.04. The number of fused-ring (bicyclic) bond motifs is 1. The van der Waals surface area contributed by atoms with Gasteiger partial charge in [-0.05, 0) is 53.5 Å². The molecule has 0 aromatic heterocycles. The van der Waals surface area contributed by atoms with E-state index in [1.807, 2.05) is 12.1 Å². The lowest BCUT2D eigenvalue weighted by Gasteiger charge is -2.12. The number of halogens is 2. The maximum Gasteiger partial charge on any atom is 0.170 e. The van der Waals surface area contributed by atoms with E-state index in [4.69, 9.17) is 12.2 Å². The average molecular weight is 356 g/mol. The van der Waals surface area contributed by atoms with Crippen molar-refractivity contribution in [3.8, 4) is 0 Å². The third-order valence-corrected chi connectivity index (χ3v) is 4.24. The van der Waals surface area contributed by atoms with Crippen LogP contribution in [0.3, 0.4) is 0 Å². The van der Waals surface area contributed by atoms with Crippen molar-refractivity contribution in [1.82, 2.24) is 5.32 Å². The van der Waals surface area contributed by atoms with Gasteiger partial charge in [0.1, 0.15) is 17.3 Å². The number of benzene rings is 3. The molecule has 25 heavy (non-hydrogen) atoms. The summed E-state index contributed by atoms with van der Waals surface area (Å²) >= 11 is 5.11. The molecule has 0 atom stereocenters. The number of nitrogens with one attached hydrogen (secondary N) is 2. The molecule has 3 aromatic carbocycles. The van der Waals surface area contributed by atoms with Crippen molar-refractivity contribution in [2.24, 2.45) is 0 Å². The number of anilines is 1.